The second-order valence-corrected chi connectivity index (χ2v) is 7.59. The first-order chi connectivity index (χ1) is 12.9. The zero-order valence-corrected chi connectivity index (χ0v) is 16.0. The van der Waals surface area contributed by atoms with Crippen LogP contribution in [0.15, 0.2) is 48.5 Å². The van der Waals surface area contributed by atoms with E-state index in [1.807, 2.05) is 37.9 Å². The van der Waals surface area contributed by atoms with Crippen molar-refractivity contribution in [3.05, 3.63) is 65.0 Å². The van der Waals surface area contributed by atoms with Crippen LogP contribution in [0.4, 0.5) is 15.9 Å². The number of thiophene rings is 1. The quantitative estimate of drug-likeness (QED) is 0.504. The summed E-state index contributed by atoms with van der Waals surface area (Å²) in [6, 6.07) is 13.5. The van der Waals surface area contributed by atoms with Crippen molar-refractivity contribution >= 4 is 33.1 Å². The number of hydrogen-bond donors (Lipinski definition) is 1. The van der Waals surface area contributed by atoms with Crippen molar-refractivity contribution in [2.45, 2.75) is 13.8 Å². The molecule has 0 spiro atoms. The van der Waals surface area contributed by atoms with Crippen LogP contribution in [0, 0.1) is 19.7 Å². The number of nitrogens with zero attached hydrogens (tertiary/aromatic N) is 3. The molecule has 2 heterocycles. The molecule has 4 aromatic rings. The monoisotopic (exact) mass is 379 g/mol. The molecule has 6 heteroatoms. The van der Waals surface area contributed by atoms with Gasteiger partial charge in [-0.05, 0) is 55.8 Å². The van der Waals surface area contributed by atoms with E-state index in [-0.39, 0.29) is 11.6 Å². The molecule has 0 amide bonds. The van der Waals surface area contributed by atoms with Crippen LogP contribution in [0.1, 0.15) is 10.7 Å². The number of rotatable bonds is 3. The minimum atomic E-state index is -0.260. The summed E-state index contributed by atoms with van der Waals surface area (Å²) in [5, 5.41) is 10.5. The van der Waals surface area contributed by atoms with Crippen molar-refractivity contribution in [3.63, 3.8) is 0 Å². The molecule has 136 valence electrons. The van der Waals surface area contributed by atoms with Gasteiger partial charge in [-0.3, -0.25) is 0 Å². The lowest BCUT2D eigenvalue weighted by atomic mass is 10.0. The fourth-order valence-corrected chi connectivity index (χ4v) is 4.29. The van der Waals surface area contributed by atoms with Crippen LogP contribution in [-0.2, 0) is 0 Å². The molecule has 1 N–H and O–H groups in total. The summed E-state index contributed by atoms with van der Waals surface area (Å²) >= 11 is 1.61. The van der Waals surface area contributed by atoms with E-state index in [2.05, 4.69) is 4.98 Å². The second kappa shape index (κ2) is 6.63. The highest BCUT2D eigenvalue weighted by Crippen LogP contribution is 2.42. The van der Waals surface area contributed by atoms with Crippen molar-refractivity contribution in [2.24, 2.45) is 0 Å². The van der Waals surface area contributed by atoms with Gasteiger partial charge in [-0.15, -0.1) is 11.3 Å². The summed E-state index contributed by atoms with van der Waals surface area (Å²) in [7, 11) is 1.94. The Hall–Kier alpha value is -2.99. The number of fused-ring (bicyclic) bond motifs is 1. The van der Waals surface area contributed by atoms with Gasteiger partial charge in [0.25, 0.3) is 0 Å². The highest BCUT2D eigenvalue weighted by atomic mass is 32.1. The van der Waals surface area contributed by atoms with E-state index in [1.54, 1.807) is 35.6 Å². The minimum Gasteiger partial charge on any atom is -0.508 e. The Morgan fingerprint density at radius 1 is 0.963 bits per heavy atom. The summed E-state index contributed by atoms with van der Waals surface area (Å²) in [4.78, 5) is 13.3. The third-order valence-corrected chi connectivity index (χ3v) is 5.51. The van der Waals surface area contributed by atoms with E-state index in [4.69, 9.17) is 4.98 Å². The number of hydrogen-bond acceptors (Lipinski definition) is 5. The van der Waals surface area contributed by atoms with Crippen molar-refractivity contribution in [2.75, 3.05) is 11.9 Å². The Morgan fingerprint density at radius 3 is 2.30 bits per heavy atom. The molecule has 4 nitrogen and oxygen atoms in total. The molecule has 0 unspecified atom stereocenters. The number of aromatic hydroxyl groups is 1. The van der Waals surface area contributed by atoms with Crippen LogP contribution < -0.4 is 4.90 Å². The fourth-order valence-electron chi connectivity index (χ4n) is 3.20. The molecule has 0 saturated heterocycles. The zero-order chi connectivity index (χ0) is 19.1. The second-order valence-electron chi connectivity index (χ2n) is 6.39. The van der Waals surface area contributed by atoms with Gasteiger partial charge in [0.1, 0.15) is 28.0 Å². The zero-order valence-electron chi connectivity index (χ0n) is 15.2. The van der Waals surface area contributed by atoms with E-state index in [0.29, 0.717) is 5.82 Å². The van der Waals surface area contributed by atoms with Gasteiger partial charge in [-0.1, -0.05) is 12.1 Å². The molecule has 0 bridgehead atoms. The van der Waals surface area contributed by atoms with Crippen molar-refractivity contribution in [1.29, 1.82) is 0 Å². The molecule has 2 aromatic heterocycles. The maximum Gasteiger partial charge on any atom is 0.145 e. The maximum absolute atomic E-state index is 13.4. The van der Waals surface area contributed by atoms with Gasteiger partial charge in [0, 0.05) is 23.2 Å². The Morgan fingerprint density at radius 2 is 1.63 bits per heavy atom. The maximum atomic E-state index is 13.4. The summed E-state index contributed by atoms with van der Waals surface area (Å²) in [5.41, 5.74) is 2.87. The summed E-state index contributed by atoms with van der Waals surface area (Å²) in [6.45, 7) is 3.92. The first-order valence-corrected chi connectivity index (χ1v) is 9.32. The average molecular weight is 379 g/mol. The Balaban J connectivity index is 1.97. The number of benzene rings is 2. The van der Waals surface area contributed by atoms with E-state index >= 15 is 0 Å². The molecule has 0 radical (unpaired) electrons. The summed E-state index contributed by atoms with van der Waals surface area (Å²) in [6.07, 6.45) is 0. The van der Waals surface area contributed by atoms with Gasteiger partial charge in [-0.2, -0.15) is 0 Å². The molecule has 0 aliphatic heterocycles. The number of anilines is 2. The largest absolute Gasteiger partial charge is 0.508 e. The van der Waals surface area contributed by atoms with Crippen LogP contribution in [0.5, 0.6) is 5.75 Å². The first kappa shape index (κ1) is 17.4. The van der Waals surface area contributed by atoms with Crippen molar-refractivity contribution in [3.8, 4) is 16.9 Å². The highest BCUT2D eigenvalue weighted by Gasteiger charge is 2.20. The van der Waals surface area contributed by atoms with E-state index < -0.39 is 0 Å². The number of halogens is 1. The van der Waals surface area contributed by atoms with Gasteiger partial charge in [0.2, 0.25) is 0 Å². The number of aryl methyl sites for hydroxylation is 2. The molecule has 2 aromatic carbocycles. The van der Waals surface area contributed by atoms with E-state index in [9.17, 15) is 9.50 Å². The molecule has 0 atom stereocenters. The Bertz CT molecular complexity index is 1120. The SMILES string of the molecule is Cc1nc(N(C)c2ccc(O)cc2)c2c(-c3ccc(F)cc3)c(C)sc2n1. The van der Waals surface area contributed by atoms with E-state index in [1.165, 1.54) is 12.1 Å². The smallest absolute Gasteiger partial charge is 0.145 e. The first-order valence-electron chi connectivity index (χ1n) is 8.50. The predicted molar refractivity (Wildman–Crippen MR) is 108 cm³/mol. The molecule has 4 rings (SSSR count). The van der Waals surface area contributed by atoms with Crippen molar-refractivity contribution < 1.29 is 9.50 Å². The Kier molecular flexibility index (Phi) is 4.28. The van der Waals surface area contributed by atoms with Crippen LogP contribution in [0.25, 0.3) is 21.3 Å². The normalized spacial score (nSPS) is 11.1. The third-order valence-electron chi connectivity index (χ3n) is 4.51. The van der Waals surface area contributed by atoms with Gasteiger partial charge >= 0.3 is 0 Å². The fraction of sp³-hybridized carbons (Fsp3) is 0.143. The van der Waals surface area contributed by atoms with Gasteiger partial charge in [0.15, 0.2) is 0 Å². The van der Waals surface area contributed by atoms with Crippen LogP contribution in [0.3, 0.4) is 0 Å². The summed E-state index contributed by atoms with van der Waals surface area (Å²) in [5.74, 6) is 1.43. The molecular formula is C21H18FN3OS. The van der Waals surface area contributed by atoms with Gasteiger partial charge in [-0.25, -0.2) is 14.4 Å². The average Bonchev–Trinajstić information content (AvgIpc) is 2.97. The minimum absolute atomic E-state index is 0.217. The predicted octanol–water partition coefficient (Wildman–Crippen LogP) is 5.59. The molecule has 0 saturated carbocycles. The van der Waals surface area contributed by atoms with Crippen LogP contribution >= 0.6 is 11.3 Å². The van der Waals surface area contributed by atoms with Gasteiger partial charge < -0.3 is 10.0 Å². The van der Waals surface area contributed by atoms with E-state index in [0.717, 1.165) is 37.7 Å². The lowest BCUT2D eigenvalue weighted by molar-refractivity contribution is 0.475. The topological polar surface area (TPSA) is 49.2 Å². The Labute approximate surface area is 160 Å². The molecule has 0 aliphatic carbocycles. The van der Waals surface area contributed by atoms with Crippen molar-refractivity contribution in [1.82, 2.24) is 9.97 Å². The van der Waals surface area contributed by atoms with Gasteiger partial charge in [0.05, 0.1) is 5.39 Å². The summed E-state index contributed by atoms with van der Waals surface area (Å²) < 4.78 is 13.4. The molecule has 0 fully saturated rings. The lowest BCUT2D eigenvalue weighted by Crippen LogP contribution is -2.12. The molecule has 0 aliphatic rings. The highest BCUT2D eigenvalue weighted by molar-refractivity contribution is 7.19. The number of aromatic nitrogens is 2. The standard InChI is InChI=1S/C21H18FN3OS/c1-12-18(14-4-6-15(22)7-5-14)19-20(23-13(2)24-21(19)27-12)25(3)16-8-10-17(26)11-9-16/h4-11,26H,1-3H3. The lowest BCUT2D eigenvalue weighted by Gasteiger charge is -2.20. The van der Waals surface area contributed by atoms with Crippen LogP contribution in [0.2, 0.25) is 0 Å². The number of phenols is 1. The number of phenolic OH excluding ortho intramolecular Hbond substituents is 1. The molecular weight excluding hydrogens is 361 g/mol. The molecule has 27 heavy (non-hydrogen) atoms. The third kappa shape index (κ3) is 3.13. The van der Waals surface area contributed by atoms with Crippen LogP contribution in [-0.4, -0.2) is 22.1 Å².